The predicted molar refractivity (Wildman–Crippen MR) is 119 cm³/mol. The molecule has 2 atom stereocenters. The Kier molecular flexibility index (Phi) is 11.9. The molecule has 15 heteroatoms. The molecule has 4 heterocycles. The lowest BCUT2D eigenvalue weighted by atomic mass is 9.92. The van der Waals surface area contributed by atoms with Crippen molar-refractivity contribution < 1.29 is 60.0 Å². The monoisotopic (exact) mass is 562 g/mol. The lowest BCUT2D eigenvalue weighted by Crippen LogP contribution is -2.48. The van der Waals surface area contributed by atoms with Gasteiger partial charge in [0.05, 0.1) is 19.3 Å². The first-order valence-electron chi connectivity index (χ1n) is 12.0. The maximum atomic E-state index is 10.6. The quantitative estimate of drug-likeness (QED) is 0.534. The third-order valence-electron chi connectivity index (χ3n) is 6.33. The van der Waals surface area contributed by atoms with Crippen molar-refractivity contribution in [2.45, 2.75) is 57.2 Å². The normalized spacial score (nSPS) is 23.7. The van der Waals surface area contributed by atoms with Gasteiger partial charge in [-0.05, 0) is 44.9 Å². The Morgan fingerprint density at radius 3 is 2.00 bits per heavy atom. The summed E-state index contributed by atoms with van der Waals surface area (Å²) >= 11 is 0. The van der Waals surface area contributed by atoms with Crippen molar-refractivity contribution in [3.05, 3.63) is 23.7 Å². The molecule has 38 heavy (non-hydrogen) atoms. The fourth-order valence-corrected chi connectivity index (χ4v) is 4.46. The topological polar surface area (TPSA) is 113 Å². The Balaban J connectivity index is 0.000000301. The van der Waals surface area contributed by atoms with Gasteiger partial charge in [-0.2, -0.15) is 26.3 Å². The average Bonchev–Trinajstić information content (AvgIpc) is 3.11. The molecule has 0 amide bonds. The van der Waals surface area contributed by atoms with Crippen LogP contribution in [0, 0.1) is 12.8 Å². The minimum Gasteiger partial charge on any atom is -0.475 e. The number of rotatable bonds is 3. The van der Waals surface area contributed by atoms with Crippen molar-refractivity contribution in [3.63, 3.8) is 0 Å². The number of carboxylic acid groups (broad SMARTS) is 2. The van der Waals surface area contributed by atoms with Crippen LogP contribution in [0.5, 0.6) is 0 Å². The Labute approximate surface area is 215 Å². The van der Waals surface area contributed by atoms with Crippen molar-refractivity contribution in [1.29, 1.82) is 0 Å². The molecule has 2 N–H and O–H groups in total. The second kappa shape index (κ2) is 14.1. The molecule has 218 valence electrons. The second-order valence-electron chi connectivity index (χ2n) is 9.15. The van der Waals surface area contributed by atoms with Crippen molar-refractivity contribution >= 4 is 11.9 Å². The molecule has 0 unspecified atom stereocenters. The van der Waals surface area contributed by atoms with Crippen LogP contribution in [-0.4, -0.2) is 102 Å². The number of hydrogen-bond acceptors (Lipinski definition) is 7. The van der Waals surface area contributed by atoms with E-state index in [1.807, 2.05) is 6.92 Å². The summed E-state index contributed by atoms with van der Waals surface area (Å²) in [7, 11) is 0. The third-order valence-corrected chi connectivity index (χ3v) is 6.33. The molecule has 3 fully saturated rings. The number of likely N-dealkylation sites (tertiary alicyclic amines) is 1. The molecule has 0 aliphatic carbocycles. The van der Waals surface area contributed by atoms with Crippen LogP contribution in [-0.2, 0) is 25.6 Å². The number of halogens is 6. The number of piperidine rings is 1. The Morgan fingerprint density at radius 2 is 1.50 bits per heavy atom. The van der Waals surface area contributed by atoms with Crippen LogP contribution < -0.4 is 0 Å². The largest absolute Gasteiger partial charge is 0.490 e. The van der Waals surface area contributed by atoms with Gasteiger partial charge in [-0.3, -0.25) is 9.80 Å². The van der Waals surface area contributed by atoms with Crippen LogP contribution in [0.4, 0.5) is 26.3 Å². The van der Waals surface area contributed by atoms with Gasteiger partial charge in [0.2, 0.25) is 0 Å². The van der Waals surface area contributed by atoms with Gasteiger partial charge in [-0.25, -0.2) is 9.59 Å². The van der Waals surface area contributed by atoms with Gasteiger partial charge in [0.1, 0.15) is 11.5 Å². The number of ether oxygens (including phenoxy) is 2. The van der Waals surface area contributed by atoms with E-state index in [9.17, 15) is 26.3 Å². The maximum Gasteiger partial charge on any atom is 0.490 e. The van der Waals surface area contributed by atoms with Gasteiger partial charge in [0, 0.05) is 44.8 Å². The van der Waals surface area contributed by atoms with E-state index in [0.29, 0.717) is 18.1 Å². The Bertz CT molecular complexity index is 862. The number of aliphatic carboxylic acids is 2. The summed E-state index contributed by atoms with van der Waals surface area (Å²) in [6.45, 7) is 10.1. The number of carboxylic acids is 2. The average molecular weight is 563 g/mol. The van der Waals surface area contributed by atoms with E-state index in [1.165, 1.54) is 25.8 Å². The highest BCUT2D eigenvalue weighted by Crippen LogP contribution is 2.28. The summed E-state index contributed by atoms with van der Waals surface area (Å²) < 4.78 is 81.0. The molecule has 0 radical (unpaired) electrons. The minimum absolute atomic E-state index is 0.375. The third kappa shape index (κ3) is 10.8. The fourth-order valence-electron chi connectivity index (χ4n) is 4.46. The fraction of sp³-hybridized carbons (Fsp3) is 0.739. The smallest absolute Gasteiger partial charge is 0.475 e. The summed E-state index contributed by atoms with van der Waals surface area (Å²) in [6.07, 6.45) is -6.20. The standard InChI is InChI=1S/C19H30N2O3.2C2HF3O2/c1-15-2-3-18(24-15)13-20-7-4-16-12-21(8-11-23-19(16)14-20)17-5-9-22-10-6-17;2*3-2(4,5)1(6)7/h2-3,16-17,19H,4-14H2,1H3;2*(H,6,7)/t16-,19-;;/m1../s1. The van der Waals surface area contributed by atoms with Gasteiger partial charge in [0.15, 0.2) is 0 Å². The number of aryl methyl sites for hydroxylation is 1. The van der Waals surface area contributed by atoms with Gasteiger partial charge in [-0.1, -0.05) is 0 Å². The van der Waals surface area contributed by atoms with E-state index in [2.05, 4.69) is 21.9 Å². The first kappa shape index (κ1) is 31.9. The first-order chi connectivity index (χ1) is 17.7. The van der Waals surface area contributed by atoms with Crippen LogP contribution >= 0.6 is 0 Å². The highest BCUT2D eigenvalue weighted by atomic mass is 19.4. The molecule has 1 aromatic rings. The highest BCUT2D eigenvalue weighted by Gasteiger charge is 2.39. The molecular weight excluding hydrogens is 530 g/mol. The number of nitrogens with zero attached hydrogens (tertiary/aromatic N) is 2. The van der Waals surface area contributed by atoms with Gasteiger partial charge in [0.25, 0.3) is 0 Å². The molecule has 4 rings (SSSR count). The van der Waals surface area contributed by atoms with Gasteiger partial charge in [-0.15, -0.1) is 0 Å². The Hall–Kier alpha value is -2.36. The molecule has 3 saturated heterocycles. The number of fused-ring (bicyclic) bond motifs is 1. The summed E-state index contributed by atoms with van der Waals surface area (Å²) in [5.74, 6) is -2.77. The van der Waals surface area contributed by atoms with Gasteiger partial charge < -0.3 is 24.1 Å². The molecule has 0 saturated carbocycles. The summed E-state index contributed by atoms with van der Waals surface area (Å²) in [4.78, 5) is 23.0. The van der Waals surface area contributed by atoms with Crippen LogP contribution in [0.2, 0.25) is 0 Å². The van der Waals surface area contributed by atoms with Gasteiger partial charge >= 0.3 is 24.3 Å². The van der Waals surface area contributed by atoms with Crippen molar-refractivity contribution in [2.75, 3.05) is 46.0 Å². The SMILES string of the molecule is Cc1ccc(CN2CC[C@@H]3CN(C4CCOCC4)CCO[C@@H]3C2)o1.O=C(O)C(F)(F)F.O=C(O)C(F)(F)F. The second-order valence-corrected chi connectivity index (χ2v) is 9.15. The first-order valence-corrected chi connectivity index (χ1v) is 12.0. The predicted octanol–water partition coefficient (Wildman–Crippen LogP) is 3.56. The van der Waals surface area contributed by atoms with E-state index in [4.69, 9.17) is 33.7 Å². The van der Waals surface area contributed by atoms with E-state index < -0.39 is 24.3 Å². The summed E-state index contributed by atoms with van der Waals surface area (Å²) in [5.41, 5.74) is 0. The maximum absolute atomic E-state index is 10.6. The summed E-state index contributed by atoms with van der Waals surface area (Å²) in [5, 5.41) is 14.2. The molecule has 0 aromatic carbocycles. The molecule has 3 aliphatic rings. The Morgan fingerprint density at radius 1 is 0.921 bits per heavy atom. The molecular formula is C23H32F6N2O7. The van der Waals surface area contributed by atoms with E-state index in [0.717, 1.165) is 57.5 Å². The zero-order chi connectivity index (χ0) is 28.5. The van der Waals surface area contributed by atoms with Crippen LogP contribution in [0.25, 0.3) is 0 Å². The van der Waals surface area contributed by atoms with Crippen molar-refractivity contribution in [3.8, 4) is 0 Å². The van der Waals surface area contributed by atoms with Crippen LogP contribution in [0.1, 0.15) is 30.8 Å². The van der Waals surface area contributed by atoms with Crippen LogP contribution in [0.3, 0.4) is 0 Å². The van der Waals surface area contributed by atoms with E-state index >= 15 is 0 Å². The van der Waals surface area contributed by atoms with E-state index in [-0.39, 0.29) is 0 Å². The lowest BCUT2D eigenvalue weighted by molar-refractivity contribution is -0.193. The molecule has 3 aliphatic heterocycles. The number of furan rings is 1. The molecule has 0 bridgehead atoms. The van der Waals surface area contributed by atoms with Crippen molar-refractivity contribution in [1.82, 2.24) is 9.80 Å². The van der Waals surface area contributed by atoms with E-state index in [1.54, 1.807) is 0 Å². The van der Waals surface area contributed by atoms with Crippen molar-refractivity contribution in [2.24, 2.45) is 5.92 Å². The lowest BCUT2D eigenvalue weighted by Gasteiger charge is -2.39. The molecule has 0 spiro atoms. The summed E-state index contributed by atoms with van der Waals surface area (Å²) in [6, 6.07) is 4.85. The zero-order valence-electron chi connectivity index (χ0n) is 20.8. The minimum atomic E-state index is -5.08. The zero-order valence-corrected chi connectivity index (χ0v) is 20.8. The number of hydrogen-bond donors (Lipinski definition) is 2. The number of alkyl halides is 6. The highest BCUT2D eigenvalue weighted by molar-refractivity contribution is 5.73. The molecule has 1 aromatic heterocycles. The molecule has 9 nitrogen and oxygen atoms in total. The van der Waals surface area contributed by atoms with Crippen LogP contribution in [0.15, 0.2) is 16.5 Å². The number of carbonyl (C=O) groups is 2.